The predicted octanol–water partition coefficient (Wildman–Crippen LogP) is 3.11. The van der Waals surface area contributed by atoms with Crippen LogP contribution < -0.4 is 0 Å². The zero-order valence-corrected chi connectivity index (χ0v) is 11.5. The number of hydrogen-bond donors (Lipinski definition) is 1. The van der Waals surface area contributed by atoms with Crippen LogP contribution in [-0.2, 0) is 6.54 Å². The highest BCUT2D eigenvalue weighted by Crippen LogP contribution is 2.42. The Morgan fingerprint density at radius 3 is 3.05 bits per heavy atom. The van der Waals surface area contributed by atoms with Crippen LogP contribution in [0.5, 0.6) is 0 Å². The van der Waals surface area contributed by atoms with Crippen molar-refractivity contribution in [3.05, 3.63) is 40.8 Å². The van der Waals surface area contributed by atoms with E-state index < -0.39 is 5.97 Å². The molecule has 108 valence electrons. The number of fused-ring (bicyclic) bond motifs is 4. The fraction of sp³-hybridized carbons (Fsp3) is 0.375. The van der Waals surface area contributed by atoms with E-state index in [-0.39, 0.29) is 11.9 Å². The van der Waals surface area contributed by atoms with Gasteiger partial charge in [-0.1, -0.05) is 6.42 Å². The fourth-order valence-electron chi connectivity index (χ4n) is 3.67. The van der Waals surface area contributed by atoms with Crippen LogP contribution in [0.2, 0.25) is 0 Å². The Hall–Kier alpha value is -2.01. The molecule has 2 aliphatic rings. The second-order valence-corrected chi connectivity index (χ2v) is 5.80. The maximum Gasteiger partial charge on any atom is 0.336 e. The molecule has 0 amide bonds. The van der Waals surface area contributed by atoms with E-state index >= 15 is 0 Å². The highest BCUT2D eigenvalue weighted by molar-refractivity contribution is 6.04. The smallest absolute Gasteiger partial charge is 0.336 e. The lowest BCUT2D eigenvalue weighted by atomic mass is 9.97. The molecule has 4 nitrogen and oxygen atoms in total. The first-order valence-electron chi connectivity index (χ1n) is 7.24. The Morgan fingerprint density at radius 2 is 2.24 bits per heavy atom. The monoisotopic (exact) mass is 286 g/mol. The number of pyridine rings is 1. The van der Waals surface area contributed by atoms with Gasteiger partial charge < -0.3 is 5.11 Å². The largest absolute Gasteiger partial charge is 0.478 e. The third kappa shape index (κ3) is 1.84. The first-order chi connectivity index (χ1) is 10.1. The van der Waals surface area contributed by atoms with Gasteiger partial charge in [0.25, 0.3) is 0 Å². The average molecular weight is 286 g/mol. The lowest BCUT2D eigenvalue weighted by Crippen LogP contribution is -2.27. The van der Waals surface area contributed by atoms with Crippen LogP contribution in [0.15, 0.2) is 18.2 Å². The molecule has 4 rings (SSSR count). The van der Waals surface area contributed by atoms with Gasteiger partial charge in [-0.15, -0.1) is 0 Å². The lowest BCUT2D eigenvalue weighted by molar-refractivity contribution is 0.0697. The number of halogens is 1. The summed E-state index contributed by atoms with van der Waals surface area (Å²) in [5.74, 6) is -1.34. The summed E-state index contributed by atoms with van der Waals surface area (Å²) in [6.07, 6.45) is 3.27. The van der Waals surface area contributed by atoms with Crippen molar-refractivity contribution in [2.75, 3.05) is 6.54 Å². The van der Waals surface area contributed by atoms with E-state index in [2.05, 4.69) is 9.88 Å². The molecule has 0 radical (unpaired) electrons. The normalized spacial score (nSPS) is 21.3. The molecule has 21 heavy (non-hydrogen) atoms. The van der Waals surface area contributed by atoms with Gasteiger partial charge in [0.2, 0.25) is 0 Å². The minimum Gasteiger partial charge on any atom is -0.478 e. The van der Waals surface area contributed by atoms with Crippen LogP contribution in [-0.4, -0.2) is 27.5 Å². The van der Waals surface area contributed by atoms with Crippen molar-refractivity contribution in [1.82, 2.24) is 9.88 Å². The van der Waals surface area contributed by atoms with Crippen molar-refractivity contribution < 1.29 is 14.3 Å². The molecule has 1 unspecified atom stereocenters. The van der Waals surface area contributed by atoms with Crippen LogP contribution in [0.3, 0.4) is 0 Å². The van der Waals surface area contributed by atoms with Crippen LogP contribution >= 0.6 is 0 Å². The van der Waals surface area contributed by atoms with Crippen LogP contribution in [0.25, 0.3) is 10.9 Å². The summed E-state index contributed by atoms with van der Waals surface area (Å²) in [6.45, 7) is 1.62. The summed E-state index contributed by atoms with van der Waals surface area (Å²) in [5, 5.41) is 10.1. The first-order valence-corrected chi connectivity index (χ1v) is 7.24. The van der Waals surface area contributed by atoms with Crippen molar-refractivity contribution in [2.45, 2.75) is 31.8 Å². The molecule has 0 saturated carbocycles. The summed E-state index contributed by atoms with van der Waals surface area (Å²) in [4.78, 5) is 18.6. The fourth-order valence-corrected chi connectivity index (χ4v) is 3.67. The van der Waals surface area contributed by atoms with E-state index in [0.29, 0.717) is 23.0 Å². The molecule has 1 aromatic heterocycles. The number of carboxylic acid groups (broad SMARTS) is 1. The van der Waals surface area contributed by atoms with Gasteiger partial charge in [0.1, 0.15) is 5.82 Å². The number of aromatic nitrogens is 1. The molecule has 1 aromatic carbocycles. The highest BCUT2D eigenvalue weighted by atomic mass is 19.1. The van der Waals surface area contributed by atoms with Crippen molar-refractivity contribution in [1.29, 1.82) is 0 Å². The van der Waals surface area contributed by atoms with Gasteiger partial charge in [-0.2, -0.15) is 0 Å². The van der Waals surface area contributed by atoms with Crippen LogP contribution in [0.4, 0.5) is 4.39 Å². The molecule has 0 aliphatic carbocycles. The van der Waals surface area contributed by atoms with Crippen molar-refractivity contribution >= 4 is 16.9 Å². The molecule has 2 aromatic rings. The predicted molar refractivity (Wildman–Crippen MR) is 75.7 cm³/mol. The molecule has 3 heterocycles. The van der Waals surface area contributed by atoms with Crippen LogP contribution in [0.1, 0.15) is 46.9 Å². The average Bonchev–Trinajstić information content (AvgIpc) is 2.82. The molecular formula is C16H15FN2O2. The van der Waals surface area contributed by atoms with E-state index in [1.54, 1.807) is 0 Å². The zero-order valence-electron chi connectivity index (χ0n) is 11.5. The molecule has 5 heteroatoms. The van der Waals surface area contributed by atoms with Gasteiger partial charge in [-0.3, -0.25) is 9.88 Å². The molecular weight excluding hydrogens is 271 g/mol. The summed E-state index contributed by atoms with van der Waals surface area (Å²) < 4.78 is 13.5. The van der Waals surface area contributed by atoms with Gasteiger partial charge in [-0.25, -0.2) is 9.18 Å². The third-order valence-electron chi connectivity index (χ3n) is 4.59. The Morgan fingerprint density at radius 1 is 1.38 bits per heavy atom. The SMILES string of the molecule is O=C(O)c1c2c(nc3cc(F)ccc13)C1CCCCN1C2. The summed E-state index contributed by atoms with van der Waals surface area (Å²) >= 11 is 0. The van der Waals surface area contributed by atoms with E-state index in [1.165, 1.54) is 18.2 Å². The molecule has 0 bridgehead atoms. The number of carbonyl (C=O) groups is 1. The first kappa shape index (κ1) is 12.7. The summed E-state index contributed by atoms with van der Waals surface area (Å²) in [6, 6.07) is 4.34. The van der Waals surface area contributed by atoms with Crippen LogP contribution in [0, 0.1) is 5.82 Å². The molecule has 2 aliphatic heterocycles. The number of rotatable bonds is 1. The Balaban J connectivity index is 2.01. The number of nitrogens with zero attached hydrogens (tertiary/aromatic N) is 2. The summed E-state index contributed by atoms with van der Waals surface area (Å²) in [5.41, 5.74) is 2.39. The molecule has 0 spiro atoms. The number of aromatic carboxylic acids is 1. The van der Waals surface area contributed by atoms with E-state index in [1.807, 2.05) is 0 Å². The second-order valence-electron chi connectivity index (χ2n) is 5.80. The number of piperidine rings is 1. The van der Waals surface area contributed by atoms with E-state index in [4.69, 9.17) is 0 Å². The molecule has 1 N–H and O–H groups in total. The quantitative estimate of drug-likeness (QED) is 0.875. The second kappa shape index (κ2) is 4.49. The van der Waals surface area contributed by atoms with Gasteiger partial charge in [0.15, 0.2) is 0 Å². The van der Waals surface area contributed by atoms with Crippen molar-refractivity contribution in [3.8, 4) is 0 Å². The van der Waals surface area contributed by atoms with E-state index in [9.17, 15) is 14.3 Å². The Bertz CT molecular complexity index is 760. The number of benzene rings is 1. The third-order valence-corrected chi connectivity index (χ3v) is 4.59. The topological polar surface area (TPSA) is 53.4 Å². The maximum atomic E-state index is 13.5. The number of hydrogen-bond acceptors (Lipinski definition) is 3. The Kier molecular flexibility index (Phi) is 2.72. The minimum atomic E-state index is -0.954. The lowest BCUT2D eigenvalue weighted by Gasteiger charge is -2.28. The van der Waals surface area contributed by atoms with Gasteiger partial charge in [0, 0.05) is 23.6 Å². The zero-order chi connectivity index (χ0) is 14.6. The van der Waals surface area contributed by atoms with Gasteiger partial charge in [-0.05, 0) is 31.5 Å². The molecule has 1 fully saturated rings. The van der Waals surface area contributed by atoms with E-state index in [0.717, 1.165) is 37.1 Å². The minimum absolute atomic E-state index is 0.194. The van der Waals surface area contributed by atoms with Gasteiger partial charge >= 0.3 is 5.97 Å². The van der Waals surface area contributed by atoms with Crippen molar-refractivity contribution in [3.63, 3.8) is 0 Å². The number of carboxylic acids is 1. The molecule has 1 saturated heterocycles. The maximum absolute atomic E-state index is 13.5. The molecule has 1 atom stereocenters. The van der Waals surface area contributed by atoms with Crippen molar-refractivity contribution in [2.24, 2.45) is 0 Å². The summed E-state index contributed by atoms with van der Waals surface area (Å²) in [7, 11) is 0. The standard InChI is InChI=1S/C16H15FN2O2/c17-9-4-5-10-12(7-9)18-15-11(14(10)16(20)21)8-19-6-2-1-3-13(15)19/h4-5,7,13H,1-3,6,8H2,(H,20,21). The van der Waals surface area contributed by atoms with Gasteiger partial charge in [0.05, 0.1) is 22.8 Å². The Labute approximate surface area is 121 Å². The highest BCUT2D eigenvalue weighted by Gasteiger charge is 2.36.